The number of pyridine rings is 1. The van der Waals surface area contributed by atoms with Gasteiger partial charge in [0.2, 0.25) is 5.56 Å². The molecule has 1 aromatic carbocycles. The third-order valence-electron chi connectivity index (χ3n) is 2.65. The van der Waals surface area contributed by atoms with Crippen molar-refractivity contribution in [3.63, 3.8) is 0 Å². The normalized spacial score (nSPS) is 10.8. The van der Waals surface area contributed by atoms with Gasteiger partial charge < -0.3 is 4.98 Å². The van der Waals surface area contributed by atoms with Crippen LogP contribution in [0.1, 0.15) is 19.4 Å². The topological polar surface area (TPSA) is 32.9 Å². The van der Waals surface area contributed by atoms with Crippen molar-refractivity contribution in [3.05, 3.63) is 58.4 Å². The molecule has 1 heterocycles. The highest BCUT2D eigenvalue weighted by atomic mass is 16.1. The molecule has 2 rings (SSSR count). The van der Waals surface area contributed by atoms with Crippen molar-refractivity contribution in [1.29, 1.82) is 0 Å². The summed E-state index contributed by atoms with van der Waals surface area (Å²) >= 11 is 0. The molecule has 2 nitrogen and oxygen atoms in total. The predicted molar refractivity (Wildman–Crippen MR) is 71.0 cm³/mol. The molecule has 0 spiro atoms. The fraction of sp³-hybridized carbons (Fsp3) is 0.267. The first-order valence-electron chi connectivity index (χ1n) is 5.94. The lowest BCUT2D eigenvalue weighted by molar-refractivity contribution is 0.647. The van der Waals surface area contributed by atoms with Gasteiger partial charge in [-0.2, -0.15) is 0 Å². The highest BCUT2D eigenvalue weighted by Gasteiger charge is 2.01. The van der Waals surface area contributed by atoms with Gasteiger partial charge in [0.1, 0.15) is 0 Å². The molecule has 0 aliphatic heterocycles. The van der Waals surface area contributed by atoms with Crippen LogP contribution in [0.25, 0.3) is 11.3 Å². The minimum absolute atomic E-state index is 0.0586. The Morgan fingerprint density at radius 2 is 1.88 bits per heavy atom. The van der Waals surface area contributed by atoms with E-state index in [1.165, 1.54) is 11.6 Å². The summed E-state index contributed by atoms with van der Waals surface area (Å²) in [5.41, 5.74) is 3.20. The fourth-order valence-electron chi connectivity index (χ4n) is 1.95. The van der Waals surface area contributed by atoms with Crippen LogP contribution in [0.15, 0.2) is 47.3 Å². The minimum Gasteiger partial charge on any atom is -0.322 e. The molecular weight excluding hydrogens is 210 g/mol. The van der Waals surface area contributed by atoms with Crippen LogP contribution in [0.3, 0.4) is 0 Å². The van der Waals surface area contributed by atoms with Gasteiger partial charge in [0.25, 0.3) is 0 Å². The average Bonchev–Trinajstić information content (AvgIpc) is 2.28. The molecule has 2 aromatic rings. The molecule has 2 heteroatoms. The molecule has 0 saturated heterocycles. The maximum Gasteiger partial charge on any atom is 0.248 e. The van der Waals surface area contributed by atoms with Gasteiger partial charge >= 0.3 is 0 Å². The zero-order valence-electron chi connectivity index (χ0n) is 10.2. The van der Waals surface area contributed by atoms with Crippen molar-refractivity contribution >= 4 is 0 Å². The third kappa shape index (κ3) is 3.06. The molecular formula is C15H17NO. The molecule has 0 aliphatic carbocycles. The molecule has 0 saturated carbocycles. The van der Waals surface area contributed by atoms with Crippen LogP contribution >= 0.6 is 0 Å². The molecule has 17 heavy (non-hydrogen) atoms. The van der Waals surface area contributed by atoms with Crippen molar-refractivity contribution < 1.29 is 0 Å². The van der Waals surface area contributed by atoms with E-state index in [1.807, 2.05) is 18.2 Å². The predicted octanol–water partition coefficient (Wildman–Crippen LogP) is 3.24. The van der Waals surface area contributed by atoms with Gasteiger partial charge in [-0.15, -0.1) is 0 Å². The molecule has 1 N–H and O–H groups in total. The van der Waals surface area contributed by atoms with Gasteiger partial charge in [0.05, 0.1) is 0 Å². The molecule has 0 bridgehead atoms. The van der Waals surface area contributed by atoms with Crippen LogP contribution in [-0.4, -0.2) is 4.98 Å². The Labute approximate surface area is 101 Å². The number of benzene rings is 1. The molecule has 0 aliphatic rings. The lowest BCUT2D eigenvalue weighted by atomic mass is 10.00. The van der Waals surface area contributed by atoms with Crippen molar-refractivity contribution in [3.8, 4) is 11.3 Å². The van der Waals surface area contributed by atoms with E-state index in [1.54, 1.807) is 6.07 Å². The quantitative estimate of drug-likeness (QED) is 0.857. The number of hydrogen-bond acceptors (Lipinski definition) is 1. The highest BCUT2D eigenvalue weighted by Crippen LogP contribution is 2.18. The fourth-order valence-corrected chi connectivity index (χ4v) is 1.95. The number of nitrogens with one attached hydrogen (secondary N) is 1. The van der Waals surface area contributed by atoms with E-state index >= 15 is 0 Å². The van der Waals surface area contributed by atoms with Gasteiger partial charge in [0, 0.05) is 11.8 Å². The molecule has 0 amide bonds. The maximum absolute atomic E-state index is 11.3. The van der Waals surface area contributed by atoms with Gasteiger partial charge in [-0.05, 0) is 35.6 Å². The van der Waals surface area contributed by atoms with Crippen LogP contribution < -0.4 is 5.56 Å². The Kier molecular flexibility index (Phi) is 3.43. The summed E-state index contributed by atoms with van der Waals surface area (Å²) in [5, 5.41) is 0. The second-order valence-corrected chi connectivity index (χ2v) is 4.73. The highest BCUT2D eigenvalue weighted by molar-refractivity contribution is 5.59. The number of aromatic amines is 1. The van der Waals surface area contributed by atoms with Gasteiger partial charge in [-0.3, -0.25) is 4.79 Å². The summed E-state index contributed by atoms with van der Waals surface area (Å²) in [7, 11) is 0. The third-order valence-corrected chi connectivity index (χ3v) is 2.65. The van der Waals surface area contributed by atoms with E-state index in [0.717, 1.165) is 17.7 Å². The number of aromatic nitrogens is 1. The van der Waals surface area contributed by atoms with Gasteiger partial charge in [0.15, 0.2) is 0 Å². The summed E-state index contributed by atoms with van der Waals surface area (Å²) in [6, 6.07) is 13.6. The van der Waals surface area contributed by atoms with Crippen molar-refractivity contribution in [2.24, 2.45) is 5.92 Å². The Hall–Kier alpha value is -1.83. The smallest absolute Gasteiger partial charge is 0.248 e. The molecule has 1 aromatic heterocycles. The summed E-state index contributed by atoms with van der Waals surface area (Å²) in [5.74, 6) is 0.639. The van der Waals surface area contributed by atoms with Crippen LogP contribution in [0.5, 0.6) is 0 Å². The summed E-state index contributed by atoms with van der Waals surface area (Å²) < 4.78 is 0. The lowest BCUT2D eigenvalue weighted by Crippen LogP contribution is -2.03. The summed E-state index contributed by atoms with van der Waals surface area (Å²) in [6.07, 6.45) is 1.06. The van der Waals surface area contributed by atoms with Gasteiger partial charge in [-0.25, -0.2) is 0 Å². The van der Waals surface area contributed by atoms with Crippen LogP contribution in [0, 0.1) is 5.92 Å². The average molecular weight is 227 g/mol. The lowest BCUT2D eigenvalue weighted by Gasteiger charge is -2.07. The molecule has 88 valence electrons. The second-order valence-electron chi connectivity index (χ2n) is 4.73. The van der Waals surface area contributed by atoms with E-state index in [0.29, 0.717) is 5.92 Å². The van der Waals surface area contributed by atoms with E-state index < -0.39 is 0 Å². The van der Waals surface area contributed by atoms with E-state index in [9.17, 15) is 4.79 Å². The molecule has 0 fully saturated rings. The number of H-pyrrole nitrogens is 1. The van der Waals surface area contributed by atoms with E-state index in [4.69, 9.17) is 0 Å². The summed E-state index contributed by atoms with van der Waals surface area (Å²) in [4.78, 5) is 14.1. The standard InChI is InChI=1S/C15H17NO/c1-11(2)9-12-5-3-6-13(10-12)14-7-4-8-15(17)16-14/h3-8,10-11H,9H2,1-2H3,(H,16,17). The Bertz CT molecular complexity index is 555. The Morgan fingerprint density at radius 1 is 1.12 bits per heavy atom. The number of rotatable bonds is 3. The zero-order chi connectivity index (χ0) is 12.3. The maximum atomic E-state index is 11.3. The largest absolute Gasteiger partial charge is 0.322 e. The van der Waals surface area contributed by atoms with Crippen molar-refractivity contribution in [1.82, 2.24) is 4.98 Å². The minimum atomic E-state index is -0.0586. The van der Waals surface area contributed by atoms with Gasteiger partial charge in [-0.1, -0.05) is 38.1 Å². The second kappa shape index (κ2) is 5.00. The van der Waals surface area contributed by atoms with E-state index in [-0.39, 0.29) is 5.56 Å². The monoisotopic (exact) mass is 227 g/mol. The van der Waals surface area contributed by atoms with E-state index in [2.05, 4.69) is 31.0 Å². The zero-order valence-corrected chi connectivity index (χ0v) is 10.2. The molecule has 0 radical (unpaired) electrons. The first kappa shape index (κ1) is 11.6. The Balaban J connectivity index is 2.36. The molecule has 0 atom stereocenters. The first-order valence-corrected chi connectivity index (χ1v) is 5.94. The molecule has 0 unspecified atom stereocenters. The van der Waals surface area contributed by atoms with Crippen LogP contribution in [0.2, 0.25) is 0 Å². The Morgan fingerprint density at radius 3 is 2.59 bits per heavy atom. The van der Waals surface area contributed by atoms with Crippen molar-refractivity contribution in [2.75, 3.05) is 0 Å². The SMILES string of the molecule is CC(C)Cc1cccc(-c2cccc(=O)[nH]2)c1. The first-order chi connectivity index (χ1) is 8.15. The van der Waals surface area contributed by atoms with Crippen LogP contribution in [-0.2, 0) is 6.42 Å². The van der Waals surface area contributed by atoms with Crippen LogP contribution in [0.4, 0.5) is 0 Å². The van der Waals surface area contributed by atoms with Crippen molar-refractivity contribution in [2.45, 2.75) is 20.3 Å². The summed E-state index contributed by atoms with van der Waals surface area (Å²) in [6.45, 7) is 4.41. The number of hydrogen-bond donors (Lipinski definition) is 1.